The van der Waals surface area contributed by atoms with Gasteiger partial charge < -0.3 is 24.4 Å². The molecule has 0 radical (unpaired) electrons. The highest BCUT2D eigenvalue weighted by Gasteiger charge is 2.20. The summed E-state index contributed by atoms with van der Waals surface area (Å²) < 4.78 is 16.1. The third-order valence-corrected chi connectivity index (χ3v) is 4.37. The Balaban J connectivity index is 2.53. The van der Waals surface area contributed by atoms with Gasteiger partial charge >= 0.3 is 0 Å². The number of halogens is 1. The Kier molecular flexibility index (Phi) is 7.50. The SMILES string of the molecule is COc1ccc(C=C(NC(=O)c2ccccc2Cl)C(=O)N(C)C)c(OC)c1OC. The Labute approximate surface area is 174 Å². The summed E-state index contributed by atoms with van der Waals surface area (Å²) in [6.45, 7) is 0. The number of nitrogens with one attached hydrogen (secondary N) is 1. The molecule has 0 bridgehead atoms. The van der Waals surface area contributed by atoms with Crippen LogP contribution in [0.25, 0.3) is 6.08 Å². The first-order valence-corrected chi connectivity index (χ1v) is 9.00. The topological polar surface area (TPSA) is 77.1 Å². The number of carbonyl (C=O) groups excluding carboxylic acids is 2. The molecular weight excluding hydrogens is 396 g/mol. The molecule has 154 valence electrons. The summed E-state index contributed by atoms with van der Waals surface area (Å²) in [5, 5.41) is 2.92. The summed E-state index contributed by atoms with van der Waals surface area (Å²) >= 11 is 6.10. The van der Waals surface area contributed by atoms with Crippen LogP contribution in [0.2, 0.25) is 5.02 Å². The number of carbonyl (C=O) groups is 2. The number of hydrogen-bond donors (Lipinski definition) is 1. The maximum Gasteiger partial charge on any atom is 0.269 e. The number of likely N-dealkylation sites (N-methyl/N-ethyl adjacent to an activating group) is 1. The number of methoxy groups -OCH3 is 3. The molecule has 0 saturated carbocycles. The average Bonchev–Trinajstić information content (AvgIpc) is 2.72. The second-order valence-electron chi connectivity index (χ2n) is 6.12. The number of hydrogen-bond acceptors (Lipinski definition) is 5. The zero-order chi connectivity index (χ0) is 21.6. The molecule has 2 aromatic rings. The van der Waals surface area contributed by atoms with E-state index in [4.69, 9.17) is 25.8 Å². The highest BCUT2D eigenvalue weighted by atomic mass is 35.5. The Bertz CT molecular complexity index is 941. The van der Waals surface area contributed by atoms with E-state index in [0.717, 1.165) is 0 Å². The lowest BCUT2D eigenvalue weighted by atomic mass is 10.1. The Hall–Kier alpha value is -3.19. The van der Waals surface area contributed by atoms with Crippen molar-refractivity contribution in [2.45, 2.75) is 0 Å². The number of nitrogens with zero attached hydrogens (tertiary/aromatic N) is 1. The van der Waals surface area contributed by atoms with Gasteiger partial charge in [-0.2, -0.15) is 0 Å². The van der Waals surface area contributed by atoms with Crippen LogP contribution in [0.15, 0.2) is 42.1 Å². The Morgan fingerprint density at radius 1 is 0.966 bits per heavy atom. The number of amides is 2. The normalized spacial score (nSPS) is 10.9. The van der Waals surface area contributed by atoms with E-state index in [-0.39, 0.29) is 16.3 Å². The van der Waals surface area contributed by atoms with Crippen LogP contribution in [-0.2, 0) is 4.79 Å². The largest absolute Gasteiger partial charge is 0.493 e. The molecule has 0 aromatic heterocycles. The predicted octanol–water partition coefficient (Wildman–Crippen LogP) is 3.22. The van der Waals surface area contributed by atoms with Crippen molar-refractivity contribution in [2.24, 2.45) is 0 Å². The molecule has 8 heteroatoms. The zero-order valence-electron chi connectivity index (χ0n) is 16.9. The molecule has 2 rings (SSSR count). The molecule has 7 nitrogen and oxygen atoms in total. The lowest BCUT2D eigenvalue weighted by Crippen LogP contribution is -2.34. The van der Waals surface area contributed by atoms with E-state index in [1.807, 2.05) is 0 Å². The molecule has 0 aliphatic rings. The molecule has 2 aromatic carbocycles. The highest BCUT2D eigenvalue weighted by molar-refractivity contribution is 6.34. The van der Waals surface area contributed by atoms with Gasteiger partial charge in [0.15, 0.2) is 11.5 Å². The highest BCUT2D eigenvalue weighted by Crippen LogP contribution is 2.40. The van der Waals surface area contributed by atoms with E-state index in [2.05, 4.69) is 5.32 Å². The van der Waals surface area contributed by atoms with Gasteiger partial charge in [0.05, 0.1) is 31.9 Å². The summed E-state index contributed by atoms with van der Waals surface area (Å²) in [5.41, 5.74) is 0.825. The van der Waals surface area contributed by atoms with Crippen molar-refractivity contribution in [3.8, 4) is 17.2 Å². The molecule has 2 amide bonds. The van der Waals surface area contributed by atoms with Crippen molar-refractivity contribution >= 4 is 29.5 Å². The van der Waals surface area contributed by atoms with E-state index in [1.165, 1.54) is 32.3 Å². The Morgan fingerprint density at radius 3 is 2.17 bits per heavy atom. The van der Waals surface area contributed by atoms with E-state index >= 15 is 0 Å². The summed E-state index contributed by atoms with van der Waals surface area (Å²) in [6.07, 6.45) is 1.51. The van der Waals surface area contributed by atoms with Crippen molar-refractivity contribution in [2.75, 3.05) is 35.4 Å². The quantitative estimate of drug-likeness (QED) is 0.698. The minimum absolute atomic E-state index is 0.0467. The number of benzene rings is 2. The third kappa shape index (κ3) is 5.00. The molecule has 0 saturated heterocycles. The van der Waals surface area contributed by atoms with E-state index in [0.29, 0.717) is 22.8 Å². The predicted molar refractivity (Wildman–Crippen MR) is 112 cm³/mol. The summed E-state index contributed by atoms with van der Waals surface area (Å²) in [5.74, 6) is 0.307. The smallest absolute Gasteiger partial charge is 0.269 e. The third-order valence-electron chi connectivity index (χ3n) is 4.04. The van der Waals surface area contributed by atoms with Gasteiger partial charge in [0.1, 0.15) is 5.70 Å². The molecule has 0 aliphatic carbocycles. The number of ether oxygens (including phenoxy) is 3. The standard InChI is InChI=1S/C21H23ClN2O5/c1-24(2)21(26)16(23-20(25)14-8-6-7-9-15(14)22)12-13-10-11-17(27-3)19(29-5)18(13)28-4/h6-12H,1-5H3,(H,23,25). The Morgan fingerprint density at radius 2 is 1.62 bits per heavy atom. The van der Waals surface area contributed by atoms with Gasteiger partial charge in [-0.3, -0.25) is 9.59 Å². The van der Waals surface area contributed by atoms with Crippen molar-refractivity contribution in [3.05, 3.63) is 58.2 Å². The van der Waals surface area contributed by atoms with Crippen molar-refractivity contribution in [1.29, 1.82) is 0 Å². The lowest BCUT2D eigenvalue weighted by Gasteiger charge is -2.17. The van der Waals surface area contributed by atoms with Crippen LogP contribution >= 0.6 is 11.6 Å². The van der Waals surface area contributed by atoms with Gasteiger partial charge in [-0.15, -0.1) is 0 Å². The van der Waals surface area contributed by atoms with Crippen LogP contribution in [0.3, 0.4) is 0 Å². The van der Waals surface area contributed by atoms with Crippen LogP contribution in [0.1, 0.15) is 15.9 Å². The number of rotatable bonds is 7. The maximum atomic E-state index is 12.7. The zero-order valence-corrected chi connectivity index (χ0v) is 17.7. The molecule has 0 spiro atoms. The maximum absolute atomic E-state index is 12.7. The second-order valence-corrected chi connectivity index (χ2v) is 6.52. The van der Waals surface area contributed by atoms with Crippen LogP contribution in [0.5, 0.6) is 17.2 Å². The van der Waals surface area contributed by atoms with Gasteiger partial charge in [0.25, 0.3) is 11.8 Å². The van der Waals surface area contributed by atoms with E-state index in [9.17, 15) is 9.59 Å². The fraction of sp³-hybridized carbons (Fsp3) is 0.238. The fourth-order valence-electron chi connectivity index (χ4n) is 2.62. The van der Waals surface area contributed by atoms with Gasteiger partial charge in [0.2, 0.25) is 5.75 Å². The van der Waals surface area contributed by atoms with Gasteiger partial charge in [-0.25, -0.2) is 0 Å². The van der Waals surface area contributed by atoms with Crippen molar-refractivity contribution in [3.63, 3.8) is 0 Å². The molecule has 0 unspecified atom stereocenters. The van der Waals surface area contributed by atoms with Crippen molar-refractivity contribution in [1.82, 2.24) is 10.2 Å². The first-order chi connectivity index (χ1) is 13.8. The van der Waals surface area contributed by atoms with Crippen LogP contribution in [-0.4, -0.2) is 52.1 Å². The molecule has 29 heavy (non-hydrogen) atoms. The first kappa shape index (κ1) is 22.1. The monoisotopic (exact) mass is 418 g/mol. The average molecular weight is 419 g/mol. The first-order valence-electron chi connectivity index (χ1n) is 8.62. The van der Waals surface area contributed by atoms with E-state index in [1.54, 1.807) is 50.5 Å². The molecule has 0 fully saturated rings. The van der Waals surface area contributed by atoms with Crippen LogP contribution in [0.4, 0.5) is 0 Å². The molecule has 0 atom stereocenters. The van der Waals surface area contributed by atoms with Crippen LogP contribution in [0, 0.1) is 0 Å². The molecule has 0 heterocycles. The fourth-order valence-corrected chi connectivity index (χ4v) is 2.84. The molecule has 1 N–H and O–H groups in total. The minimum atomic E-state index is -0.503. The summed E-state index contributed by atoms with van der Waals surface area (Å²) in [4.78, 5) is 26.7. The summed E-state index contributed by atoms with van der Waals surface area (Å²) in [6, 6.07) is 9.97. The van der Waals surface area contributed by atoms with Crippen LogP contribution < -0.4 is 19.5 Å². The molecular formula is C21H23ClN2O5. The van der Waals surface area contributed by atoms with E-state index < -0.39 is 11.8 Å². The second kappa shape index (κ2) is 9.84. The van der Waals surface area contributed by atoms with Crippen molar-refractivity contribution < 1.29 is 23.8 Å². The lowest BCUT2D eigenvalue weighted by molar-refractivity contribution is -0.124. The minimum Gasteiger partial charge on any atom is -0.493 e. The van der Waals surface area contributed by atoms with Gasteiger partial charge in [0, 0.05) is 19.7 Å². The molecule has 0 aliphatic heterocycles. The summed E-state index contributed by atoms with van der Waals surface area (Å²) in [7, 11) is 7.65. The van der Waals surface area contributed by atoms with Gasteiger partial charge in [-0.05, 0) is 30.3 Å². The van der Waals surface area contributed by atoms with Gasteiger partial charge in [-0.1, -0.05) is 23.7 Å².